The van der Waals surface area contributed by atoms with Crippen molar-refractivity contribution in [1.82, 2.24) is 5.32 Å². The molecule has 1 saturated carbocycles. The summed E-state index contributed by atoms with van der Waals surface area (Å²) in [7, 11) is 0. The average Bonchev–Trinajstić information content (AvgIpc) is 3.28. The molecule has 0 saturated heterocycles. The van der Waals surface area contributed by atoms with E-state index in [0.29, 0.717) is 11.4 Å². The van der Waals surface area contributed by atoms with E-state index in [-0.39, 0.29) is 33.1 Å². The number of amides is 1. The molecule has 30 heavy (non-hydrogen) atoms. The molecule has 1 aliphatic carbocycles. The van der Waals surface area contributed by atoms with Gasteiger partial charge in [-0.15, -0.1) is 11.3 Å². The maximum atomic E-state index is 14.1. The Morgan fingerprint density at radius 3 is 2.53 bits per heavy atom. The zero-order valence-electron chi connectivity index (χ0n) is 15.8. The lowest BCUT2D eigenvalue weighted by Crippen LogP contribution is -2.42. The van der Waals surface area contributed by atoms with E-state index < -0.39 is 18.2 Å². The van der Waals surface area contributed by atoms with E-state index in [1.165, 1.54) is 29.5 Å². The predicted molar refractivity (Wildman–Crippen MR) is 110 cm³/mol. The number of rotatable bonds is 5. The highest BCUT2D eigenvalue weighted by molar-refractivity contribution is 7.14. The van der Waals surface area contributed by atoms with Gasteiger partial charge in [0.05, 0.1) is 17.8 Å². The summed E-state index contributed by atoms with van der Waals surface area (Å²) in [5.41, 5.74) is -1.79. The number of nitrogens with zero attached hydrogens (tertiary/aromatic N) is 1. The van der Waals surface area contributed by atoms with Crippen molar-refractivity contribution in [3.05, 3.63) is 55.2 Å². The largest absolute Gasteiger partial charge is 0.435 e. The van der Waals surface area contributed by atoms with Crippen LogP contribution in [0.3, 0.4) is 0 Å². The first-order valence-electron chi connectivity index (χ1n) is 9.25. The van der Waals surface area contributed by atoms with Crippen LogP contribution in [0.1, 0.15) is 40.1 Å². The summed E-state index contributed by atoms with van der Waals surface area (Å²) in [5, 5.41) is 6.82. The van der Waals surface area contributed by atoms with Crippen molar-refractivity contribution in [2.24, 2.45) is 11.1 Å². The van der Waals surface area contributed by atoms with Gasteiger partial charge in [-0.05, 0) is 49.6 Å². The monoisotopic (exact) mass is 476 g/mol. The number of carbonyl (C=O) groups is 1. The van der Waals surface area contributed by atoms with Crippen molar-refractivity contribution in [2.45, 2.75) is 44.5 Å². The first kappa shape index (κ1) is 21.5. The fourth-order valence-electron chi connectivity index (χ4n) is 3.32. The van der Waals surface area contributed by atoms with E-state index in [0.717, 1.165) is 23.3 Å². The van der Waals surface area contributed by atoms with Gasteiger partial charge in [0, 0.05) is 26.4 Å². The summed E-state index contributed by atoms with van der Waals surface area (Å²) in [4.78, 5) is 18.3. The van der Waals surface area contributed by atoms with Gasteiger partial charge in [-0.1, -0.05) is 28.4 Å². The van der Waals surface area contributed by atoms with Crippen molar-refractivity contribution in [3.8, 4) is 0 Å². The van der Waals surface area contributed by atoms with Crippen LogP contribution in [-0.2, 0) is 21.8 Å². The Balaban J connectivity index is 1.58. The lowest BCUT2D eigenvalue weighted by atomic mass is 9.88. The summed E-state index contributed by atoms with van der Waals surface area (Å²) in [6.45, 7) is 2.19. The molecule has 2 aliphatic rings. The second-order valence-corrected chi connectivity index (χ2v) is 9.51. The molecule has 1 fully saturated rings. The molecule has 2 aromatic rings. The van der Waals surface area contributed by atoms with Crippen molar-refractivity contribution in [3.63, 3.8) is 0 Å². The molecular formula is C20H17Cl2F3N2O2S. The highest BCUT2D eigenvalue weighted by atomic mass is 35.5. The standard InChI is InChI=1S/C20H17Cl2F3N2O2S/c1-10-4-16(30-17(10)9-26-18(28)11-2-3-11)15-8-19(29-27-15,20(23,24)25)12-5-13(21)7-14(22)6-12/h4-7,11H,2-3,8-9H2,1H3,(H,26,28). The maximum absolute atomic E-state index is 14.1. The van der Waals surface area contributed by atoms with E-state index >= 15 is 0 Å². The zero-order chi connectivity index (χ0) is 21.7. The summed E-state index contributed by atoms with van der Waals surface area (Å²) in [6, 6.07) is 5.51. The molecule has 1 amide bonds. The number of thiophene rings is 1. The Hall–Kier alpha value is -1.77. The Morgan fingerprint density at radius 1 is 1.27 bits per heavy atom. The number of halogens is 5. The number of carbonyl (C=O) groups excluding carboxylic acids is 1. The van der Waals surface area contributed by atoms with Crippen LogP contribution in [0.15, 0.2) is 29.4 Å². The second-order valence-electron chi connectivity index (χ2n) is 7.50. The van der Waals surface area contributed by atoms with Crippen molar-refractivity contribution < 1.29 is 22.8 Å². The fourth-order valence-corrected chi connectivity index (χ4v) is 4.94. The summed E-state index contributed by atoms with van der Waals surface area (Å²) < 4.78 is 42.3. The van der Waals surface area contributed by atoms with Crippen LogP contribution in [0.5, 0.6) is 0 Å². The van der Waals surface area contributed by atoms with Gasteiger partial charge in [0.25, 0.3) is 5.60 Å². The quantitative estimate of drug-likeness (QED) is 0.577. The van der Waals surface area contributed by atoms with E-state index in [1.807, 2.05) is 6.92 Å². The minimum atomic E-state index is -4.74. The highest BCUT2D eigenvalue weighted by Gasteiger charge is 2.62. The first-order valence-corrected chi connectivity index (χ1v) is 10.8. The van der Waals surface area contributed by atoms with E-state index in [2.05, 4.69) is 10.5 Å². The molecule has 10 heteroatoms. The van der Waals surface area contributed by atoms with Gasteiger partial charge < -0.3 is 10.2 Å². The normalized spacial score (nSPS) is 21.3. The van der Waals surface area contributed by atoms with Gasteiger partial charge in [-0.3, -0.25) is 4.79 Å². The Bertz CT molecular complexity index is 1010. The summed E-state index contributed by atoms with van der Waals surface area (Å²) in [6.07, 6.45) is -3.43. The first-order chi connectivity index (χ1) is 14.1. The maximum Gasteiger partial charge on any atom is 0.435 e. The fraction of sp³-hybridized carbons (Fsp3) is 0.400. The van der Waals surface area contributed by atoms with Crippen LogP contribution in [0.4, 0.5) is 13.2 Å². The van der Waals surface area contributed by atoms with Gasteiger partial charge in [0.2, 0.25) is 5.91 Å². The summed E-state index contributed by atoms with van der Waals surface area (Å²) in [5.74, 6) is 0.106. The SMILES string of the molecule is Cc1cc(C2=NOC(c3cc(Cl)cc(Cl)c3)(C(F)(F)F)C2)sc1CNC(=O)C1CC1. The van der Waals surface area contributed by atoms with Crippen LogP contribution >= 0.6 is 34.5 Å². The second kappa shape index (κ2) is 7.73. The molecule has 1 aromatic carbocycles. The molecular weight excluding hydrogens is 460 g/mol. The molecule has 0 bridgehead atoms. The van der Waals surface area contributed by atoms with E-state index in [9.17, 15) is 18.0 Å². The Kier molecular flexibility index (Phi) is 5.53. The molecule has 2 heterocycles. The molecule has 1 atom stereocenters. The van der Waals surface area contributed by atoms with E-state index in [4.69, 9.17) is 28.0 Å². The third kappa shape index (κ3) is 4.05. The van der Waals surface area contributed by atoms with Crippen LogP contribution in [-0.4, -0.2) is 17.8 Å². The van der Waals surface area contributed by atoms with Gasteiger partial charge in [-0.2, -0.15) is 13.2 Å². The van der Waals surface area contributed by atoms with Crippen LogP contribution in [0.2, 0.25) is 10.0 Å². The van der Waals surface area contributed by atoms with Gasteiger partial charge in [0.1, 0.15) is 5.71 Å². The lowest BCUT2D eigenvalue weighted by molar-refractivity contribution is -0.275. The number of hydrogen-bond donors (Lipinski definition) is 1. The van der Waals surface area contributed by atoms with Gasteiger partial charge in [-0.25, -0.2) is 0 Å². The van der Waals surface area contributed by atoms with Gasteiger partial charge in [0.15, 0.2) is 0 Å². The predicted octanol–water partition coefficient (Wildman–Crippen LogP) is 5.97. The minimum absolute atomic E-state index is 0.0137. The van der Waals surface area contributed by atoms with Crippen molar-refractivity contribution >= 4 is 46.2 Å². The van der Waals surface area contributed by atoms with Gasteiger partial charge >= 0.3 is 6.18 Å². The molecule has 160 valence electrons. The Labute approximate surface area is 185 Å². The molecule has 0 radical (unpaired) electrons. The van der Waals surface area contributed by atoms with Crippen molar-refractivity contribution in [2.75, 3.05) is 0 Å². The van der Waals surface area contributed by atoms with Crippen LogP contribution in [0.25, 0.3) is 0 Å². The average molecular weight is 477 g/mol. The topological polar surface area (TPSA) is 50.7 Å². The molecule has 1 aliphatic heterocycles. The molecule has 4 nitrogen and oxygen atoms in total. The zero-order valence-corrected chi connectivity index (χ0v) is 18.1. The number of benzene rings is 1. The molecule has 1 aromatic heterocycles. The smallest absolute Gasteiger partial charge is 0.374 e. The third-order valence-electron chi connectivity index (χ3n) is 5.19. The third-order valence-corrected chi connectivity index (χ3v) is 6.91. The number of oxime groups is 1. The number of alkyl halides is 3. The molecule has 0 spiro atoms. The van der Waals surface area contributed by atoms with E-state index in [1.54, 1.807) is 6.07 Å². The minimum Gasteiger partial charge on any atom is -0.374 e. The number of nitrogens with one attached hydrogen (secondary N) is 1. The molecule has 1 unspecified atom stereocenters. The number of aryl methyl sites for hydroxylation is 1. The highest BCUT2D eigenvalue weighted by Crippen LogP contribution is 2.50. The van der Waals surface area contributed by atoms with Crippen LogP contribution in [0, 0.1) is 12.8 Å². The molecule has 4 rings (SSSR count). The van der Waals surface area contributed by atoms with Crippen molar-refractivity contribution in [1.29, 1.82) is 0 Å². The molecule has 1 N–H and O–H groups in total. The Morgan fingerprint density at radius 2 is 1.93 bits per heavy atom. The van der Waals surface area contributed by atoms with Crippen LogP contribution < -0.4 is 5.32 Å². The lowest BCUT2D eigenvalue weighted by Gasteiger charge is -2.29. The number of hydrogen-bond acceptors (Lipinski definition) is 4. The summed E-state index contributed by atoms with van der Waals surface area (Å²) >= 11 is 13.2.